The molecule has 1 aliphatic rings. The van der Waals surface area contributed by atoms with Crippen LogP contribution >= 0.6 is 0 Å². The third-order valence-electron chi connectivity index (χ3n) is 5.87. The number of fused-ring (bicyclic) bond motifs is 1. The van der Waals surface area contributed by atoms with E-state index in [9.17, 15) is 14.0 Å². The van der Waals surface area contributed by atoms with Crippen molar-refractivity contribution < 1.29 is 18.5 Å². The topological polar surface area (TPSA) is 82.8 Å². The molecule has 3 heterocycles. The van der Waals surface area contributed by atoms with E-state index in [1.165, 1.54) is 6.07 Å². The van der Waals surface area contributed by atoms with Gasteiger partial charge in [0.05, 0.1) is 22.3 Å². The highest BCUT2D eigenvalue weighted by Gasteiger charge is 2.29. The number of carbonyl (C=O) groups excluding carboxylic acids is 2. The van der Waals surface area contributed by atoms with Crippen molar-refractivity contribution in [1.82, 2.24) is 24.8 Å². The number of piperazine rings is 1. The van der Waals surface area contributed by atoms with E-state index in [1.54, 1.807) is 45.9 Å². The molecule has 3 aromatic rings. The van der Waals surface area contributed by atoms with Crippen LogP contribution in [0.15, 0.2) is 34.9 Å². The van der Waals surface area contributed by atoms with Crippen LogP contribution in [0.1, 0.15) is 29.9 Å². The number of pyridine rings is 1. The largest absolute Gasteiger partial charge is 0.335 e. The molecule has 0 aliphatic carbocycles. The Bertz CT molecular complexity index is 1150. The van der Waals surface area contributed by atoms with Crippen LogP contribution in [0, 0.1) is 12.7 Å². The fraction of sp³-hybridized carbons (Fsp3) is 0.391. The van der Waals surface area contributed by atoms with Gasteiger partial charge < -0.3 is 19.2 Å². The van der Waals surface area contributed by atoms with Crippen LogP contribution in [0.4, 0.5) is 9.18 Å². The predicted molar refractivity (Wildman–Crippen MR) is 118 cm³/mol. The Labute approximate surface area is 185 Å². The lowest BCUT2D eigenvalue weighted by Gasteiger charge is -2.37. The average Bonchev–Trinajstić information content (AvgIpc) is 3.20. The lowest BCUT2D eigenvalue weighted by molar-refractivity contribution is 0.0643. The van der Waals surface area contributed by atoms with Gasteiger partial charge in [-0.1, -0.05) is 17.3 Å². The van der Waals surface area contributed by atoms with Crippen molar-refractivity contribution in [3.8, 4) is 11.3 Å². The number of nitrogens with zero attached hydrogens (tertiary/aromatic N) is 5. The summed E-state index contributed by atoms with van der Waals surface area (Å²) in [6.07, 6.45) is 0. The fourth-order valence-corrected chi connectivity index (χ4v) is 4.04. The van der Waals surface area contributed by atoms with Crippen LogP contribution in [-0.4, -0.2) is 76.0 Å². The molecule has 0 bridgehead atoms. The summed E-state index contributed by atoms with van der Waals surface area (Å²) in [5, 5.41) is 4.48. The van der Waals surface area contributed by atoms with E-state index in [-0.39, 0.29) is 23.2 Å². The standard InChI is InChI=1S/C23H26FN5O3/c1-4-27(5-2)23(31)29-12-10-28(11-13-29)22(30)17-14-19(16-8-6-7-9-18(16)24)25-21-20(17)15(3)26-32-21/h6-9,14H,4-5,10-13H2,1-3H3. The van der Waals surface area contributed by atoms with Gasteiger partial charge in [0, 0.05) is 44.8 Å². The van der Waals surface area contributed by atoms with Gasteiger partial charge in [-0.3, -0.25) is 4.79 Å². The number of rotatable bonds is 4. The second-order valence-corrected chi connectivity index (χ2v) is 7.72. The van der Waals surface area contributed by atoms with Crippen molar-refractivity contribution in [2.75, 3.05) is 39.3 Å². The van der Waals surface area contributed by atoms with Crippen LogP contribution in [0.2, 0.25) is 0 Å². The summed E-state index contributed by atoms with van der Waals surface area (Å²) in [6.45, 7) is 8.67. The first-order chi connectivity index (χ1) is 15.4. The maximum Gasteiger partial charge on any atom is 0.320 e. The van der Waals surface area contributed by atoms with Crippen LogP contribution in [0.3, 0.4) is 0 Å². The minimum absolute atomic E-state index is 0.00915. The zero-order valence-corrected chi connectivity index (χ0v) is 18.5. The van der Waals surface area contributed by atoms with Crippen LogP contribution in [0.25, 0.3) is 22.4 Å². The molecule has 9 heteroatoms. The molecule has 0 radical (unpaired) electrons. The van der Waals surface area contributed by atoms with Gasteiger partial charge in [-0.05, 0) is 39.0 Å². The summed E-state index contributed by atoms with van der Waals surface area (Å²) in [5.74, 6) is -0.645. The first-order valence-corrected chi connectivity index (χ1v) is 10.8. The molecule has 1 fully saturated rings. The lowest BCUT2D eigenvalue weighted by Crippen LogP contribution is -2.54. The number of aryl methyl sites for hydroxylation is 1. The Morgan fingerprint density at radius 3 is 2.41 bits per heavy atom. The van der Waals surface area contributed by atoms with Gasteiger partial charge in [0.25, 0.3) is 11.6 Å². The molecule has 3 amide bonds. The van der Waals surface area contributed by atoms with Crippen molar-refractivity contribution >= 4 is 23.0 Å². The van der Waals surface area contributed by atoms with E-state index >= 15 is 0 Å². The van der Waals surface area contributed by atoms with Gasteiger partial charge in [0.2, 0.25) is 0 Å². The zero-order valence-electron chi connectivity index (χ0n) is 18.5. The molecule has 4 rings (SSSR count). The molecule has 0 atom stereocenters. The quantitative estimate of drug-likeness (QED) is 0.621. The second-order valence-electron chi connectivity index (χ2n) is 7.72. The Morgan fingerprint density at radius 2 is 1.75 bits per heavy atom. The van der Waals surface area contributed by atoms with Crippen molar-refractivity contribution in [3.63, 3.8) is 0 Å². The molecule has 0 spiro atoms. The van der Waals surface area contributed by atoms with Crippen molar-refractivity contribution in [3.05, 3.63) is 47.4 Å². The zero-order chi connectivity index (χ0) is 22.8. The third-order valence-corrected chi connectivity index (χ3v) is 5.87. The summed E-state index contributed by atoms with van der Waals surface area (Å²) in [7, 11) is 0. The number of hydrogen-bond acceptors (Lipinski definition) is 5. The van der Waals surface area contributed by atoms with Gasteiger partial charge in [0.15, 0.2) is 0 Å². The highest BCUT2D eigenvalue weighted by molar-refractivity contribution is 6.07. The summed E-state index contributed by atoms with van der Waals surface area (Å²) in [6, 6.07) is 7.86. The Morgan fingerprint density at radius 1 is 1.09 bits per heavy atom. The Hall–Kier alpha value is -3.49. The SMILES string of the molecule is CCN(CC)C(=O)N1CCN(C(=O)c2cc(-c3ccccc3F)nc3onc(C)c23)CC1. The molecule has 1 aliphatic heterocycles. The monoisotopic (exact) mass is 439 g/mol. The van der Waals surface area contributed by atoms with Crippen molar-refractivity contribution in [2.45, 2.75) is 20.8 Å². The summed E-state index contributed by atoms with van der Waals surface area (Å²) >= 11 is 0. The number of benzene rings is 1. The van der Waals surface area contributed by atoms with Gasteiger partial charge in [-0.15, -0.1) is 0 Å². The molecule has 0 saturated carbocycles. The smallest absolute Gasteiger partial charge is 0.320 e. The second kappa shape index (κ2) is 8.94. The number of amides is 3. The summed E-state index contributed by atoms with van der Waals surface area (Å²) in [4.78, 5) is 35.7. The summed E-state index contributed by atoms with van der Waals surface area (Å²) in [5.41, 5.74) is 1.71. The van der Waals surface area contributed by atoms with E-state index in [0.717, 1.165) is 0 Å². The molecule has 1 aromatic carbocycles. The Balaban J connectivity index is 1.62. The predicted octanol–water partition coefficient (Wildman–Crippen LogP) is 3.56. The molecular weight excluding hydrogens is 413 g/mol. The van der Waals surface area contributed by atoms with E-state index in [2.05, 4.69) is 10.1 Å². The number of aromatic nitrogens is 2. The van der Waals surface area contributed by atoms with Gasteiger partial charge in [-0.2, -0.15) is 0 Å². The molecule has 2 aromatic heterocycles. The molecule has 32 heavy (non-hydrogen) atoms. The number of halogens is 1. The van der Waals surface area contributed by atoms with Crippen LogP contribution < -0.4 is 0 Å². The molecular formula is C23H26FN5O3. The molecule has 168 valence electrons. The molecule has 0 unspecified atom stereocenters. The van der Waals surface area contributed by atoms with Gasteiger partial charge >= 0.3 is 6.03 Å². The van der Waals surface area contributed by atoms with Gasteiger partial charge in [0.1, 0.15) is 5.82 Å². The maximum atomic E-state index is 14.4. The number of carbonyl (C=O) groups is 2. The van der Waals surface area contributed by atoms with E-state index in [0.29, 0.717) is 61.6 Å². The fourth-order valence-electron chi connectivity index (χ4n) is 4.04. The Kier molecular flexibility index (Phi) is 6.07. The van der Waals surface area contributed by atoms with E-state index < -0.39 is 5.82 Å². The highest BCUT2D eigenvalue weighted by Crippen LogP contribution is 2.29. The third kappa shape index (κ3) is 3.90. The number of urea groups is 1. The molecule has 1 saturated heterocycles. The molecule has 8 nitrogen and oxygen atoms in total. The summed E-state index contributed by atoms with van der Waals surface area (Å²) < 4.78 is 19.7. The van der Waals surface area contributed by atoms with E-state index in [1.807, 2.05) is 13.8 Å². The first kappa shape index (κ1) is 21.7. The van der Waals surface area contributed by atoms with Crippen LogP contribution in [-0.2, 0) is 0 Å². The number of hydrogen-bond donors (Lipinski definition) is 0. The normalized spacial score (nSPS) is 14.1. The highest BCUT2D eigenvalue weighted by atomic mass is 19.1. The van der Waals surface area contributed by atoms with Crippen LogP contribution in [0.5, 0.6) is 0 Å². The average molecular weight is 439 g/mol. The minimum atomic E-state index is -0.433. The van der Waals surface area contributed by atoms with Crippen molar-refractivity contribution in [1.29, 1.82) is 0 Å². The van der Waals surface area contributed by atoms with Crippen molar-refractivity contribution in [2.24, 2.45) is 0 Å². The molecule has 0 N–H and O–H groups in total. The lowest BCUT2D eigenvalue weighted by atomic mass is 10.0. The maximum absolute atomic E-state index is 14.4. The van der Waals surface area contributed by atoms with E-state index in [4.69, 9.17) is 4.52 Å². The van der Waals surface area contributed by atoms with Gasteiger partial charge in [-0.25, -0.2) is 14.2 Å². The minimum Gasteiger partial charge on any atom is -0.335 e. The first-order valence-electron chi connectivity index (χ1n) is 10.8.